The number of carbonyl (C=O) groups excluding carboxylic acids is 4. The lowest BCUT2D eigenvalue weighted by Crippen LogP contribution is -2.64. The molecule has 0 N–H and O–H groups in total. The van der Waals surface area contributed by atoms with E-state index in [9.17, 15) is 19.2 Å². The molecule has 200 valence electrons. The van der Waals surface area contributed by atoms with Gasteiger partial charge in [-0.25, -0.2) is 9.59 Å². The van der Waals surface area contributed by atoms with Crippen LogP contribution in [0.25, 0.3) is 0 Å². The van der Waals surface area contributed by atoms with Crippen molar-refractivity contribution in [3.05, 3.63) is 24.3 Å². The van der Waals surface area contributed by atoms with Gasteiger partial charge in [-0.15, -0.1) is 0 Å². The van der Waals surface area contributed by atoms with Gasteiger partial charge in [0.25, 0.3) is 0 Å². The minimum absolute atomic E-state index is 0.143. The van der Waals surface area contributed by atoms with Crippen LogP contribution in [0.15, 0.2) is 24.3 Å². The van der Waals surface area contributed by atoms with Crippen molar-refractivity contribution in [2.45, 2.75) is 79.1 Å². The molecule has 0 aromatic carbocycles. The Hall–Kier alpha value is -2.64. The molecule has 0 aromatic heterocycles. The van der Waals surface area contributed by atoms with E-state index < -0.39 is 22.8 Å². The van der Waals surface area contributed by atoms with E-state index in [4.69, 9.17) is 18.9 Å². The Morgan fingerprint density at radius 2 is 0.917 bits per heavy atom. The first-order valence-corrected chi connectivity index (χ1v) is 12.7. The number of hydrogen-bond acceptors (Lipinski definition) is 8. The van der Waals surface area contributed by atoms with Crippen molar-refractivity contribution < 1.29 is 38.1 Å². The molecule has 0 unspecified atom stereocenters. The van der Waals surface area contributed by atoms with Crippen molar-refractivity contribution in [2.75, 3.05) is 26.4 Å². The molecule has 4 aliphatic rings. The monoisotopic (exact) mass is 504 g/mol. The zero-order chi connectivity index (χ0) is 26.8. The van der Waals surface area contributed by atoms with Gasteiger partial charge in [0.15, 0.2) is 0 Å². The van der Waals surface area contributed by atoms with Crippen molar-refractivity contribution in [1.29, 1.82) is 0 Å². The summed E-state index contributed by atoms with van der Waals surface area (Å²) >= 11 is 0. The lowest BCUT2D eigenvalue weighted by molar-refractivity contribution is -0.221. The third kappa shape index (κ3) is 6.01. The van der Waals surface area contributed by atoms with Crippen LogP contribution in [0.5, 0.6) is 0 Å². The summed E-state index contributed by atoms with van der Waals surface area (Å²) in [5.74, 6) is -1.46. The zero-order valence-electron chi connectivity index (χ0n) is 22.2. The fourth-order valence-corrected chi connectivity index (χ4v) is 7.46. The van der Waals surface area contributed by atoms with E-state index in [0.717, 1.165) is 6.42 Å². The fourth-order valence-electron chi connectivity index (χ4n) is 7.46. The molecule has 8 nitrogen and oxygen atoms in total. The lowest BCUT2D eigenvalue weighted by atomic mass is 9.36. The highest BCUT2D eigenvalue weighted by molar-refractivity contribution is 5.87. The average Bonchev–Trinajstić information content (AvgIpc) is 2.75. The fraction of sp³-hybridized carbons (Fsp3) is 0.714. The summed E-state index contributed by atoms with van der Waals surface area (Å²) in [7, 11) is 0. The number of ether oxygens (including phenoxy) is 4. The van der Waals surface area contributed by atoms with Gasteiger partial charge in [0.1, 0.15) is 0 Å². The predicted molar refractivity (Wildman–Crippen MR) is 131 cm³/mol. The molecule has 4 bridgehead atoms. The molecule has 0 aliphatic heterocycles. The van der Waals surface area contributed by atoms with Crippen molar-refractivity contribution >= 4 is 23.9 Å². The molecule has 4 saturated carbocycles. The zero-order valence-corrected chi connectivity index (χ0v) is 22.2. The standard InChI is InChI=1S/C28H40O8/c1-19(2)21(29)33-9-7-11-35-23(31)27-14-25(5)13-26(6,15-27)17-28(16-25,18-27)24(32)36-12-8-10-34-22(30)20(3)4/h1,3,7-18H2,2,4-6H3. The number of hydrogen-bond donors (Lipinski definition) is 0. The third-order valence-corrected chi connectivity index (χ3v) is 7.66. The van der Waals surface area contributed by atoms with Crippen molar-refractivity contribution in [3.8, 4) is 0 Å². The molecule has 0 aromatic rings. The molecular formula is C28H40O8. The molecule has 4 fully saturated rings. The number of rotatable bonds is 12. The molecule has 0 saturated heterocycles. The first-order valence-electron chi connectivity index (χ1n) is 12.7. The molecule has 4 aliphatic carbocycles. The largest absolute Gasteiger partial charge is 0.465 e. The van der Waals surface area contributed by atoms with Crippen LogP contribution >= 0.6 is 0 Å². The van der Waals surface area contributed by atoms with Gasteiger partial charge < -0.3 is 18.9 Å². The molecule has 36 heavy (non-hydrogen) atoms. The van der Waals surface area contributed by atoms with Crippen LogP contribution in [0.3, 0.4) is 0 Å². The van der Waals surface area contributed by atoms with Crippen LogP contribution < -0.4 is 0 Å². The Labute approximate surface area is 213 Å². The third-order valence-electron chi connectivity index (χ3n) is 7.66. The van der Waals surface area contributed by atoms with Crippen LogP contribution in [0.4, 0.5) is 0 Å². The van der Waals surface area contributed by atoms with Crippen LogP contribution in [0, 0.1) is 21.7 Å². The number of carbonyl (C=O) groups is 4. The van der Waals surface area contributed by atoms with Gasteiger partial charge in [-0.05, 0) is 63.2 Å². The van der Waals surface area contributed by atoms with E-state index in [-0.39, 0.29) is 49.2 Å². The minimum Gasteiger partial charge on any atom is -0.465 e. The van der Waals surface area contributed by atoms with Crippen LogP contribution in [0.1, 0.15) is 79.1 Å². The van der Waals surface area contributed by atoms with Crippen LogP contribution in [-0.2, 0) is 38.1 Å². The van der Waals surface area contributed by atoms with E-state index in [0.29, 0.717) is 56.1 Å². The average molecular weight is 505 g/mol. The highest BCUT2D eigenvalue weighted by atomic mass is 16.6. The van der Waals surface area contributed by atoms with Crippen LogP contribution in [-0.4, -0.2) is 50.3 Å². The van der Waals surface area contributed by atoms with Gasteiger partial charge in [-0.1, -0.05) is 27.0 Å². The van der Waals surface area contributed by atoms with E-state index in [1.807, 2.05) is 0 Å². The molecular weight excluding hydrogens is 464 g/mol. The summed E-state index contributed by atoms with van der Waals surface area (Å²) < 4.78 is 21.5. The molecule has 4 rings (SSSR count). The van der Waals surface area contributed by atoms with Crippen molar-refractivity contribution in [2.24, 2.45) is 21.7 Å². The van der Waals surface area contributed by atoms with E-state index in [1.165, 1.54) is 0 Å². The molecule has 0 amide bonds. The lowest BCUT2D eigenvalue weighted by Gasteiger charge is -2.67. The van der Waals surface area contributed by atoms with Gasteiger partial charge in [-0.3, -0.25) is 9.59 Å². The van der Waals surface area contributed by atoms with Crippen molar-refractivity contribution in [1.82, 2.24) is 0 Å². The Kier molecular flexibility index (Phi) is 8.06. The second-order valence-corrected chi connectivity index (χ2v) is 12.1. The highest BCUT2D eigenvalue weighted by Crippen LogP contribution is 2.74. The van der Waals surface area contributed by atoms with Crippen LogP contribution in [0.2, 0.25) is 0 Å². The maximum Gasteiger partial charge on any atom is 0.333 e. The normalized spacial score (nSPS) is 31.9. The van der Waals surface area contributed by atoms with E-state index in [1.54, 1.807) is 13.8 Å². The Morgan fingerprint density at radius 3 is 1.25 bits per heavy atom. The summed E-state index contributed by atoms with van der Waals surface area (Å²) in [4.78, 5) is 49.9. The summed E-state index contributed by atoms with van der Waals surface area (Å²) in [6, 6.07) is 0. The van der Waals surface area contributed by atoms with E-state index >= 15 is 0 Å². The highest BCUT2D eigenvalue weighted by Gasteiger charge is 2.70. The maximum atomic E-state index is 13.4. The molecule has 0 spiro atoms. The first kappa shape index (κ1) is 27.9. The Bertz CT molecular complexity index is 859. The summed E-state index contributed by atoms with van der Waals surface area (Å²) in [6.45, 7) is 15.2. The molecule has 0 heterocycles. The van der Waals surface area contributed by atoms with Gasteiger partial charge in [0, 0.05) is 24.0 Å². The Balaban J connectivity index is 1.60. The maximum absolute atomic E-state index is 13.4. The van der Waals surface area contributed by atoms with Gasteiger partial charge in [0.05, 0.1) is 37.3 Å². The first-order chi connectivity index (χ1) is 16.7. The topological polar surface area (TPSA) is 105 Å². The van der Waals surface area contributed by atoms with E-state index in [2.05, 4.69) is 27.0 Å². The summed E-state index contributed by atoms with van der Waals surface area (Å²) in [5, 5.41) is 0. The molecule has 8 heteroatoms. The smallest absolute Gasteiger partial charge is 0.333 e. The molecule has 0 atom stereocenters. The second-order valence-electron chi connectivity index (χ2n) is 12.1. The second kappa shape index (κ2) is 10.4. The van der Waals surface area contributed by atoms with Crippen molar-refractivity contribution in [3.63, 3.8) is 0 Å². The van der Waals surface area contributed by atoms with Gasteiger partial charge in [-0.2, -0.15) is 0 Å². The number of esters is 4. The quantitative estimate of drug-likeness (QED) is 0.166. The summed E-state index contributed by atoms with van der Waals surface area (Å²) in [6.07, 6.45) is 5.00. The summed E-state index contributed by atoms with van der Waals surface area (Å²) in [5.41, 5.74) is -1.07. The van der Waals surface area contributed by atoms with Gasteiger partial charge in [0.2, 0.25) is 0 Å². The Morgan fingerprint density at radius 1 is 0.583 bits per heavy atom. The minimum atomic E-state index is -0.720. The van der Waals surface area contributed by atoms with Gasteiger partial charge >= 0.3 is 23.9 Å². The predicted octanol–water partition coefficient (Wildman–Crippen LogP) is 4.46. The molecule has 0 radical (unpaired) electrons. The SMILES string of the molecule is C=C(C)C(=O)OCCCOC(=O)C12CC3(C)CC(C)(C1)CC(C(=O)OCCCOC(=O)C(=C)C)(C3)C2.